The van der Waals surface area contributed by atoms with Crippen LogP contribution < -0.4 is 9.47 Å². The standard InChI is InChI=1S/C25H24FN3O2/c1-14(25-28-21-11-23-24(31-13-30-23)12-22(21)29-25)15-2-4-16(5-3-15)18-8-9-27-20-7-6-17(26)10-19(18)20/h6-12,14-16H,2-5,13H2,1H3,(H,28,29). The molecule has 0 spiro atoms. The molecule has 1 aliphatic carbocycles. The summed E-state index contributed by atoms with van der Waals surface area (Å²) in [5, 5.41) is 0.953. The molecule has 1 saturated carbocycles. The largest absolute Gasteiger partial charge is 0.454 e. The van der Waals surface area contributed by atoms with Crippen LogP contribution >= 0.6 is 0 Å². The molecule has 1 atom stereocenters. The zero-order valence-corrected chi connectivity index (χ0v) is 17.4. The van der Waals surface area contributed by atoms with Gasteiger partial charge >= 0.3 is 0 Å². The molecule has 2 aromatic carbocycles. The van der Waals surface area contributed by atoms with E-state index < -0.39 is 0 Å². The Morgan fingerprint density at radius 1 is 1.00 bits per heavy atom. The quantitative estimate of drug-likeness (QED) is 0.440. The van der Waals surface area contributed by atoms with Crippen molar-refractivity contribution in [3.05, 3.63) is 59.8 Å². The van der Waals surface area contributed by atoms with Crippen molar-refractivity contribution in [3.63, 3.8) is 0 Å². The maximum absolute atomic E-state index is 13.8. The van der Waals surface area contributed by atoms with Crippen LogP contribution in [0.4, 0.5) is 4.39 Å². The third kappa shape index (κ3) is 3.21. The molecule has 6 heteroatoms. The lowest BCUT2D eigenvalue weighted by Gasteiger charge is -2.32. The Bertz CT molecular complexity index is 1240. The van der Waals surface area contributed by atoms with Crippen molar-refractivity contribution in [2.75, 3.05) is 6.79 Å². The second-order valence-corrected chi connectivity index (χ2v) is 8.81. The number of nitrogens with zero attached hydrogens (tertiary/aromatic N) is 2. The molecule has 1 unspecified atom stereocenters. The summed E-state index contributed by atoms with van der Waals surface area (Å²) in [5.41, 5.74) is 4.01. The summed E-state index contributed by atoms with van der Waals surface area (Å²) in [6.45, 7) is 2.54. The molecule has 0 bridgehead atoms. The maximum atomic E-state index is 13.8. The molecule has 5 nitrogen and oxygen atoms in total. The SMILES string of the molecule is CC(c1nc2cc3c(cc2[nH]1)OCO3)C1CCC(c2ccnc3ccc(F)cc23)CC1. The van der Waals surface area contributed by atoms with Crippen molar-refractivity contribution in [1.29, 1.82) is 0 Å². The second-order valence-electron chi connectivity index (χ2n) is 8.81. The number of aromatic amines is 1. The minimum atomic E-state index is -0.198. The van der Waals surface area contributed by atoms with Gasteiger partial charge in [-0.2, -0.15) is 0 Å². The van der Waals surface area contributed by atoms with E-state index in [4.69, 9.17) is 14.5 Å². The van der Waals surface area contributed by atoms with Crippen molar-refractivity contribution in [2.45, 2.75) is 44.4 Å². The normalized spacial score (nSPS) is 21.6. The van der Waals surface area contributed by atoms with Crippen molar-refractivity contribution < 1.29 is 13.9 Å². The van der Waals surface area contributed by atoms with Gasteiger partial charge in [-0.25, -0.2) is 9.37 Å². The summed E-state index contributed by atoms with van der Waals surface area (Å²) in [4.78, 5) is 12.8. The lowest BCUT2D eigenvalue weighted by atomic mass is 9.73. The highest BCUT2D eigenvalue weighted by Crippen LogP contribution is 2.43. The molecular formula is C25H24FN3O2. The van der Waals surface area contributed by atoms with Gasteiger partial charge in [-0.1, -0.05) is 6.92 Å². The summed E-state index contributed by atoms with van der Waals surface area (Å²) in [6, 6.07) is 10.9. The zero-order valence-electron chi connectivity index (χ0n) is 17.4. The van der Waals surface area contributed by atoms with Crippen LogP contribution in [0, 0.1) is 11.7 Å². The molecule has 1 fully saturated rings. The molecule has 3 heterocycles. The first-order chi connectivity index (χ1) is 15.2. The van der Waals surface area contributed by atoms with Crippen LogP contribution in [0.1, 0.15) is 55.8 Å². The smallest absolute Gasteiger partial charge is 0.231 e. The Morgan fingerprint density at radius 3 is 2.65 bits per heavy atom. The van der Waals surface area contributed by atoms with Crippen molar-refractivity contribution >= 4 is 21.9 Å². The number of fused-ring (bicyclic) bond motifs is 3. The van der Waals surface area contributed by atoms with Gasteiger partial charge in [-0.3, -0.25) is 4.98 Å². The number of benzene rings is 2. The molecule has 2 aromatic heterocycles. The van der Waals surface area contributed by atoms with Crippen molar-refractivity contribution in [2.24, 2.45) is 5.92 Å². The van der Waals surface area contributed by atoms with Crippen molar-refractivity contribution in [3.8, 4) is 11.5 Å². The Kier molecular flexibility index (Phi) is 4.33. The van der Waals surface area contributed by atoms with Crippen LogP contribution in [-0.2, 0) is 0 Å². The first-order valence-electron chi connectivity index (χ1n) is 11.0. The summed E-state index contributed by atoms with van der Waals surface area (Å²) in [5.74, 6) is 3.73. The van der Waals surface area contributed by atoms with Crippen LogP contribution in [0.5, 0.6) is 11.5 Å². The number of imidazole rings is 1. The molecule has 0 saturated heterocycles. The summed E-state index contributed by atoms with van der Waals surface area (Å²) in [6.07, 6.45) is 6.31. The minimum absolute atomic E-state index is 0.198. The number of hydrogen-bond acceptors (Lipinski definition) is 4. The number of rotatable bonds is 3. The van der Waals surface area contributed by atoms with Gasteiger partial charge in [-0.15, -0.1) is 0 Å². The maximum Gasteiger partial charge on any atom is 0.231 e. The predicted octanol–water partition coefficient (Wildman–Crippen LogP) is 6.06. The van der Waals surface area contributed by atoms with E-state index in [1.54, 1.807) is 12.1 Å². The van der Waals surface area contributed by atoms with E-state index in [9.17, 15) is 4.39 Å². The van der Waals surface area contributed by atoms with Crippen LogP contribution in [0.2, 0.25) is 0 Å². The van der Waals surface area contributed by atoms with Gasteiger partial charge in [0.15, 0.2) is 11.5 Å². The molecule has 158 valence electrons. The van der Waals surface area contributed by atoms with Crippen LogP contribution in [0.15, 0.2) is 42.6 Å². The van der Waals surface area contributed by atoms with Crippen molar-refractivity contribution in [1.82, 2.24) is 15.0 Å². The van der Waals surface area contributed by atoms with E-state index in [1.165, 1.54) is 11.6 Å². The highest BCUT2D eigenvalue weighted by Gasteiger charge is 2.29. The van der Waals surface area contributed by atoms with Gasteiger partial charge in [0.25, 0.3) is 0 Å². The number of ether oxygens (including phenoxy) is 2. The third-order valence-corrected chi connectivity index (χ3v) is 7.08. The minimum Gasteiger partial charge on any atom is -0.454 e. The predicted molar refractivity (Wildman–Crippen MR) is 117 cm³/mol. The molecule has 31 heavy (non-hydrogen) atoms. The Balaban J connectivity index is 1.20. The van der Waals surface area contributed by atoms with Gasteiger partial charge in [0.1, 0.15) is 11.6 Å². The Morgan fingerprint density at radius 2 is 1.81 bits per heavy atom. The monoisotopic (exact) mass is 417 g/mol. The molecule has 2 aliphatic rings. The second kappa shape index (κ2) is 7.22. The molecule has 0 radical (unpaired) electrons. The Labute approximate surface area is 179 Å². The van der Waals surface area contributed by atoms with E-state index in [0.717, 1.165) is 64.9 Å². The number of H-pyrrole nitrogens is 1. The molecule has 6 rings (SSSR count). The van der Waals surface area contributed by atoms with Crippen LogP contribution in [0.25, 0.3) is 21.9 Å². The number of aromatic nitrogens is 3. The summed E-state index contributed by atoms with van der Waals surface area (Å²) in [7, 11) is 0. The Hall–Kier alpha value is -3.15. The van der Waals surface area contributed by atoms with Gasteiger partial charge in [0, 0.05) is 29.6 Å². The first-order valence-corrected chi connectivity index (χ1v) is 11.0. The topological polar surface area (TPSA) is 60.0 Å². The summed E-state index contributed by atoms with van der Waals surface area (Å²) < 4.78 is 24.8. The highest BCUT2D eigenvalue weighted by atomic mass is 19.1. The molecule has 4 aromatic rings. The fraction of sp³-hybridized carbons (Fsp3) is 0.360. The fourth-order valence-electron chi connectivity index (χ4n) is 5.28. The van der Waals surface area contributed by atoms with Gasteiger partial charge in [0.2, 0.25) is 6.79 Å². The first kappa shape index (κ1) is 18.6. The average Bonchev–Trinajstić information content (AvgIpc) is 3.42. The van der Waals surface area contributed by atoms with Gasteiger partial charge in [-0.05, 0) is 67.3 Å². The van der Waals surface area contributed by atoms with E-state index in [0.29, 0.717) is 17.8 Å². The third-order valence-electron chi connectivity index (χ3n) is 7.08. The number of nitrogens with one attached hydrogen (secondary N) is 1. The molecule has 1 N–H and O–H groups in total. The zero-order chi connectivity index (χ0) is 20.9. The fourth-order valence-corrected chi connectivity index (χ4v) is 5.28. The molecule has 0 amide bonds. The lowest BCUT2D eigenvalue weighted by Crippen LogP contribution is -2.19. The van der Waals surface area contributed by atoms with E-state index in [-0.39, 0.29) is 12.6 Å². The average molecular weight is 417 g/mol. The van der Waals surface area contributed by atoms with Crippen LogP contribution in [-0.4, -0.2) is 21.7 Å². The molecule has 1 aliphatic heterocycles. The molecular weight excluding hydrogens is 393 g/mol. The summed E-state index contributed by atoms with van der Waals surface area (Å²) >= 11 is 0. The van der Waals surface area contributed by atoms with Gasteiger partial charge in [0.05, 0.1) is 16.6 Å². The van der Waals surface area contributed by atoms with E-state index in [1.807, 2.05) is 18.3 Å². The number of hydrogen-bond donors (Lipinski definition) is 1. The number of halogens is 1. The number of pyridine rings is 1. The van der Waals surface area contributed by atoms with Gasteiger partial charge < -0.3 is 14.5 Å². The van der Waals surface area contributed by atoms with E-state index >= 15 is 0 Å². The lowest BCUT2D eigenvalue weighted by molar-refractivity contribution is 0.174. The van der Waals surface area contributed by atoms with Crippen LogP contribution in [0.3, 0.4) is 0 Å². The highest BCUT2D eigenvalue weighted by molar-refractivity contribution is 5.82. The van der Waals surface area contributed by atoms with E-state index in [2.05, 4.69) is 23.0 Å².